The van der Waals surface area contributed by atoms with Gasteiger partial charge in [0.15, 0.2) is 5.78 Å². The largest absolute Gasteiger partial charge is 0.462 e. The first-order valence-corrected chi connectivity index (χ1v) is 31.1. The fraction of sp³-hybridized carbons (Fsp3) is 0.545. The predicted octanol–water partition coefficient (Wildman–Crippen LogP) is 6.37. The van der Waals surface area contributed by atoms with E-state index >= 15 is 0 Å². The summed E-state index contributed by atoms with van der Waals surface area (Å²) in [6.45, 7) is 12.3. The van der Waals surface area contributed by atoms with Crippen molar-refractivity contribution < 1.29 is 81.6 Å². The third-order valence-electron chi connectivity index (χ3n) is 17.7. The molecule has 1 aromatic heterocycles. The molecule has 5 N–H and O–H groups in total. The highest BCUT2D eigenvalue weighted by molar-refractivity contribution is 6.34. The van der Waals surface area contributed by atoms with Crippen molar-refractivity contribution in [2.45, 2.75) is 186 Å². The van der Waals surface area contributed by atoms with E-state index in [1.165, 1.54) is 43.1 Å². The number of esters is 2. The minimum absolute atomic E-state index is 0.0190. The minimum Gasteiger partial charge on any atom is -0.462 e. The SMILES string of the molecule is CO[C@@H]1/C=C/C=C(\C)Cc2cc(C)c(Cl)c(c2)N(C)C(=O)C[C@H](OC(=O)[C@H](C)N(C)C(=O)c2ccc(CC(=O)[C@H](CCCNC(N)=O)NC(=O)[C@@H](CC(=O)CCCCC(=O)ON3C(=O)CCC3=O)C(C)C)c3ncccc23)[C@]2(C)O[C@H]2[C@H](C)[C@@H]2C[C@@]1(O)CC(=O)O2. The number of urea groups is 1. The molecular weight excluding hydrogens is 1200 g/mol. The minimum atomic E-state index is -1.66. The van der Waals surface area contributed by atoms with E-state index in [0.717, 1.165) is 16.7 Å². The summed E-state index contributed by atoms with van der Waals surface area (Å²) in [4.78, 5) is 158. The smallest absolute Gasteiger partial charge is 0.333 e. The van der Waals surface area contributed by atoms with Crippen LogP contribution in [0.2, 0.25) is 5.02 Å². The van der Waals surface area contributed by atoms with Gasteiger partial charge >= 0.3 is 23.9 Å². The van der Waals surface area contributed by atoms with Gasteiger partial charge in [0.2, 0.25) is 11.8 Å². The van der Waals surface area contributed by atoms with Crippen LogP contribution in [0.3, 0.4) is 0 Å². The number of hydrogen-bond donors (Lipinski definition) is 4. The molecule has 24 nitrogen and oxygen atoms in total. The number of unbranched alkanes of at least 4 members (excludes halogenated alkanes) is 1. The summed E-state index contributed by atoms with van der Waals surface area (Å²) in [6.07, 6.45) is 2.85. The number of carbonyl (C=O) groups is 11. The molecule has 5 heterocycles. The van der Waals surface area contributed by atoms with Gasteiger partial charge in [0, 0.05) is 102 Å². The van der Waals surface area contributed by atoms with Crippen LogP contribution in [0.5, 0.6) is 0 Å². The highest BCUT2D eigenvalue weighted by Gasteiger charge is 2.64. The van der Waals surface area contributed by atoms with Gasteiger partial charge in [-0.3, -0.25) is 43.3 Å². The fourth-order valence-corrected chi connectivity index (χ4v) is 12.3. The van der Waals surface area contributed by atoms with Gasteiger partial charge in [-0.05, 0) is 101 Å². The number of epoxide rings is 1. The van der Waals surface area contributed by atoms with Gasteiger partial charge < -0.3 is 55.1 Å². The number of anilines is 1. The Morgan fingerprint density at radius 1 is 0.978 bits per heavy atom. The number of aliphatic hydroxyl groups is 1. The summed E-state index contributed by atoms with van der Waals surface area (Å²) < 4.78 is 24.3. The van der Waals surface area contributed by atoms with Crippen LogP contribution in [0, 0.1) is 24.7 Å². The number of ether oxygens (including phenoxy) is 4. The molecular formula is C66H84ClN7O17. The number of methoxy groups -OCH3 is 1. The van der Waals surface area contributed by atoms with E-state index in [9.17, 15) is 57.8 Å². The van der Waals surface area contributed by atoms with Gasteiger partial charge in [0.05, 0.1) is 41.2 Å². The van der Waals surface area contributed by atoms with Gasteiger partial charge in [-0.1, -0.05) is 74.4 Å². The molecule has 0 radical (unpaired) electrons. The van der Waals surface area contributed by atoms with Crippen molar-refractivity contribution in [1.29, 1.82) is 0 Å². The average Bonchev–Trinajstić information content (AvgIpc) is 1.59. The van der Waals surface area contributed by atoms with Crippen LogP contribution >= 0.6 is 11.6 Å². The zero-order valence-electron chi connectivity index (χ0n) is 53.3. The number of benzene rings is 2. The molecule has 0 aliphatic carbocycles. The van der Waals surface area contributed by atoms with Crippen LogP contribution in [-0.2, 0) is 79.8 Å². The lowest BCUT2D eigenvalue weighted by atomic mass is 9.78. The Morgan fingerprint density at radius 2 is 1.68 bits per heavy atom. The molecule has 3 saturated heterocycles. The summed E-state index contributed by atoms with van der Waals surface area (Å²) in [6, 6.07) is 6.88. The summed E-state index contributed by atoms with van der Waals surface area (Å²) in [7, 11) is 4.43. The standard InChI is InChI=1S/C66H84ClN7O17/c1-36(2)46(32-43(75)17-11-12-21-56(80)91-74-53(77)24-25-54(74)78)61(82)71-47(19-15-27-70-64(68)85)49(76)31-42-22-23-45(44-18-14-26-69-59(42)44)62(83)72(8)40(6)63(84)89-52-33-55(79)73(9)48-30-41(29-38(4)58(48)67)28-37(3)16-13-20-51(87-10)66(86)34-50(88-57(81)35-66)39(5)60-65(52,7)90-60/h13-14,16,18,20,22-23,26,29-30,36,39-40,46-47,50-52,60,86H,11-12,15,17,19,21,24-25,27-28,31-35H2,1-10H3,(H,71,82)(H3,68,70,85)/b20-13+,37-16+/t39-,40+,46+,47+,50+,51-,52+,60+,65+,66-/m1/s1. The van der Waals surface area contributed by atoms with Crippen molar-refractivity contribution in [2.24, 2.45) is 23.5 Å². The first kappa shape index (κ1) is 70.5. The maximum atomic E-state index is 14.7. The Balaban J connectivity index is 1.07. The van der Waals surface area contributed by atoms with Gasteiger partial charge in [-0.15, -0.1) is 5.06 Å². The third kappa shape index (κ3) is 17.4. The van der Waals surface area contributed by atoms with Gasteiger partial charge in [-0.2, -0.15) is 0 Å². The lowest BCUT2D eigenvalue weighted by Crippen LogP contribution is -2.53. The number of allylic oxidation sites excluding steroid dienone is 3. The molecule has 7 rings (SSSR count). The van der Waals surface area contributed by atoms with Crippen LogP contribution in [0.1, 0.15) is 146 Å². The van der Waals surface area contributed by atoms with E-state index in [2.05, 4.69) is 15.6 Å². The number of likely N-dealkylation sites (N-methyl/N-ethyl adjacent to an activating group) is 1. The number of rotatable bonds is 23. The molecule has 91 heavy (non-hydrogen) atoms. The van der Waals surface area contributed by atoms with Crippen LogP contribution < -0.4 is 21.3 Å². The molecule has 0 saturated carbocycles. The van der Waals surface area contributed by atoms with Crippen LogP contribution in [0.15, 0.2) is 66.4 Å². The molecule has 4 aliphatic heterocycles. The molecule has 0 unspecified atom stereocenters. The number of primary amides is 1. The summed E-state index contributed by atoms with van der Waals surface area (Å²) in [5, 5.41) is 18.5. The van der Waals surface area contributed by atoms with Crippen LogP contribution in [0.25, 0.3) is 10.9 Å². The Labute approximate surface area is 534 Å². The number of ketones is 2. The number of halogens is 1. The number of nitrogens with one attached hydrogen (secondary N) is 2. The monoisotopic (exact) mass is 1280 g/mol. The van der Waals surface area contributed by atoms with Gasteiger partial charge in [0.1, 0.15) is 41.3 Å². The highest BCUT2D eigenvalue weighted by atomic mass is 35.5. The lowest BCUT2D eigenvalue weighted by Gasteiger charge is -2.41. The summed E-state index contributed by atoms with van der Waals surface area (Å²) in [5.41, 5.74) is 6.01. The topological polar surface area (TPSA) is 330 Å². The van der Waals surface area contributed by atoms with Crippen LogP contribution in [0.4, 0.5) is 10.5 Å². The number of amides is 7. The normalized spacial score (nSPS) is 24.7. The number of fused-ring (bicyclic) bond motifs is 6. The quantitative estimate of drug-likeness (QED) is 0.0347. The Kier molecular flexibility index (Phi) is 23.6. The summed E-state index contributed by atoms with van der Waals surface area (Å²) >= 11 is 6.89. The highest BCUT2D eigenvalue weighted by Crippen LogP contribution is 2.50. The Morgan fingerprint density at radius 3 is 2.36 bits per heavy atom. The Hall–Kier alpha value is -7.93. The third-order valence-corrected chi connectivity index (χ3v) is 18.2. The molecule has 7 amide bonds. The molecule has 10 atom stereocenters. The molecule has 4 aliphatic rings. The zero-order valence-corrected chi connectivity index (χ0v) is 54.1. The molecule has 25 heteroatoms. The van der Waals surface area contributed by atoms with E-state index in [-0.39, 0.29) is 106 Å². The Bertz CT molecular complexity index is 3370. The number of nitrogens with two attached hydrogens (primary N) is 1. The maximum absolute atomic E-state index is 14.7. The first-order chi connectivity index (χ1) is 43.0. The summed E-state index contributed by atoms with van der Waals surface area (Å²) in [5.74, 6) is -7.70. The van der Waals surface area contributed by atoms with E-state index < -0.39 is 125 Å². The second-order valence-electron chi connectivity index (χ2n) is 24.9. The van der Waals surface area contributed by atoms with Gasteiger partial charge in [-0.25, -0.2) is 14.4 Å². The van der Waals surface area contributed by atoms with Crippen molar-refractivity contribution in [3.8, 4) is 0 Å². The fourth-order valence-electron chi connectivity index (χ4n) is 12.0. The molecule has 4 bridgehead atoms. The second-order valence-corrected chi connectivity index (χ2v) is 25.3. The van der Waals surface area contributed by atoms with Gasteiger partial charge in [0.25, 0.3) is 17.7 Å². The maximum Gasteiger partial charge on any atom is 0.333 e. The first-order valence-electron chi connectivity index (χ1n) is 30.8. The number of imide groups is 1. The number of hydrogen-bond acceptors (Lipinski definition) is 18. The zero-order chi connectivity index (χ0) is 66.8. The lowest BCUT2D eigenvalue weighted by molar-refractivity contribution is -0.197. The average molecular weight is 1280 g/mol. The van der Waals surface area contributed by atoms with Crippen LogP contribution in [-0.4, -0.2) is 161 Å². The van der Waals surface area contributed by atoms with Crippen molar-refractivity contribution in [2.75, 3.05) is 32.6 Å². The van der Waals surface area contributed by atoms with E-state index in [1.54, 1.807) is 65.1 Å². The van der Waals surface area contributed by atoms with Crippen molar-refractivity contribution in [3.63, 3.8) is 0 Å². The number of hydroxylamine groups is 2. The predicted molar refractivity (Wildman–Crippen MR) is 332 cm³/mol. The number of aryl methyl sites for hydroxylation is 1. The van der Waals surface area contributed by atoms with Crippen molar-refractivity contribution >= 4 is 93.2 Å². The van der Waals surface area contributed by atoms with Crippen molar-refractivity contribution in [1.82, 2.24) is 25.6 Å². The number of aromatic nitrogens is 1. The number of nitrogens with zero attached hydrogens (tertiary/aromatic N) is 4. The molecule has 2 aromatic carbocycles. The van der Waals surface area contributed by atoms with E-state index in [0.29, 0.717) is 33.1 Å². The number of Topliss-reactive ketones (excluding diaryl/α,β-unsaturated/α-hetero) is 2. The number of carbonyl (C=O) groups excluding carboxylic acids is 11. The van der Waals surface area contributed by atoms with Crippen molar-refractivity contribution in [3.05, 3.63) is 93.7 Å². The number of pyridine rings is 1. The molecule has 3 fully saturated rings. The second kappa shape index (κ2) is 30.5. The van der Waals surface area contributed by atoms with E-state index in [4.69, 9.17) is 41.1 Å². The molecule has 492 valence electrons. The molecule has 3 aromatic rings. The molecule has 0 spiro atoms. The van der Waals surface area contributed by atoms with E-state index in [1.807, 2.05) is 32.1 Å².